The summed E-state index contributed by atoms with van der Waals surface area (Å²) in [6.45, 7) is 1.70. The molecule has 1 aliphatic rings. The summed E-state index contributed by atoms with van der Waals surface area (Å²) in [5, 5.41) is 39.1. The van der Waals surface area contributed by atoms with Crippen LogP contribution in [0.2, 0.25) is 0 Å². The van der Waals surface area contributed by atoms with E-state index in [0.717, 1.165) is 17.5 Å². The van der Waals surface area contributed by atoms with Crippen molar-refractivity contribution >= 4 is 0 Å². The molecule has 0 radical (unpaired) electrons. The largest absolute Gasteiger partial charge is 0.462 e. The molecule has 4 N–H and O–H groups in total. The van der Waals surface area contributed by atoms with Crippen LogP contribution in [0.25, 0.3) is 0 Å². The second-order valence-corrected chi connectivity index (χ2v) is 7.17. The number of aliphatic hydroxyl groups excluding tert-OH is 4. The first-order valence-corrected chi connectivity index (χ1v) is 9.63. The van der Waals surface area contributed by atoms with Crippen LogP contribution in [0.1, 0.15) is 35.6 Å². The molecule has 0 saturated carbocycles. The highest BCUT2D eigenvalue weighted by Gasteiger charge is 2.38. The number of rotatable bonds is 7. The fourth-order valence-corrected chi connectivity index (χ4v) is 3.32. The van der Waals surface area contributed by atoms with E-state index >= 15 is 0 Å². The van der Waals surface area contributed by atoms with E-state index in [4.69, 9.17) is 9.47 Å². The van der Waals surface area contributed by atoms with E-state index in [9.17, 15) is 20.4 Å². The van der Waals surface area contributed by atoms with E-state index < -0.39 is 24.6 Å². The minimum atomic E-state index is -1.22. The molecular weight excluding hydrogens is 360 g/mol. The lowest BCUT2D eigenvalue weighted by Crippen LogP contribution is -2.51. The van der Waals surface area contributed by atoms with Gasteiger partial charge in [0.1, 0.15) is 11.9 Å². The monoisotopic (exact) mass is 388 g/mol. The molecule has 2 aromatic carbocycles. The van der Waals surface area contributed by atoms with Crippen LogP contribution in [0.5, 0.6) is 5.75 Å². The molecule has 1 heterocycles. The molecule has 4 atom stereocenters. The van der Waals surface area contributed by atoms with Gasteiger partial charge in [0.15, 0.2) is 0 Å². The number of benzene rings is 2. The second-order valence-electron chi connectivity index (χ2n) is 7.17. The zero-order valence-electron chi connectivity index (χ0n) is 16.0. The molecule has 2 aromatic rings. The third kappa shape index (κ3) is 4.90. The Morgan fingerprint density at radius 2 is 1.68 bits per heavy atom. The summed E-state index contributed by atoms with van der Waals surface area (Å²) in [4.78, 5) is 0. The van der Waals surface area contributed by atoms with Crippen molar-refractivity contribution in [3.63, 3.8) is 0 Å². The maximum atomic E-state index is 10.2. The van der Waals surface area contributed by atoms with Crippen molar-refractivity contribution in [1.29, 1.82) is 0 Å². The minimum Gasteiger partial charge on any atom is -0.462 e. The third-order valence-corrected chi connectivity index (χ3v) is 5.09. The first-order valence-electron chi connectivity index (χ1n) is 9.63. The van der Waals surface area contributed by atoms with E-state index in [0.29, 0.717) is 17.7 Å². The van der Waals surface area contributed by atoms with Gasteiger partial charge in [0.2, 0.25) is 6.29 Å². The minimum absolute atomic E-state index is 0.141. The second kappa shape index (κ2) is 9.49. The van der Waals surface area contributed by atoms with Crippen molar-refractivity contribution in [2.75, 3.05) is 6.61 Å². The zero-order valence-corrected chi connectivity index (χ0v) is 16.0. The summed E-state index contributed by atoms with van der Waals surface area (Å²) in [6, 6.07) is 13.7. The first-order chi connectivity index (χ1) is 13.5. The first kappa shape index (κ1) is 20.8. The van der Waals surface area contributed by atoms with Crippen molar-refractivity contribution in [3.05, 3.63) is 64.7 Å². The Morgan fingerprint density at radius 3 is 2.32 bits per heavy atom. The fourth-order valence-electron chi connectivity index (χ4n) is 3.32. The highest BCUT2D eigenvalue weighted by atomic mass is 16.7. The average molecular weight is 388 g/mol. The summed E-state index contributed by atoms with van der Waals surface area (Å²) in [5.41, 5.74) is 3.92. The average Bonchev–Trinajstić information content (AvgIpc) is 2.72. The van der Waals surface area contributed by atoms with Crippen LogP contribution in [0.3, 0.4) is 0 Å². The maximum absolute atomic E-state index is 10.2. The Bertz CT molecular complexity index is 760. The standard InChI is InChI=1S/C22H28O6/c1-2-14-3-5-15(6-4-14)9-17-8-7-16(12-23)10-20(17)28-22-21(26)19(25)11-18(13-24)27-22/h3-8,10,18-19,21-26H,2,9,11-13H2,1H3/t18-,19-,21+,22-/m0/s1. The molecule has 1 aliphatic heterocycles. The summed E-state index contributed by atoms with van der Waals surface area (Å²) < 4.78 is 11.5. The van der Waals surface area contributed by atoms with Crippen molar-refractivity contribution in [2.24, 2.45) is 0 Å². The molecule has 0 spiro atoms. The number of hydrogen-bond donors (Lipinski definition) is 4. The summed E-state index contributed by atoms with van der Waals surface area (Å²) in [6.07, 6.45) is -2.24. The Kier molecular flexibility index (Phi) is 7.04. The summed E-state index contributed by atoms with van der Waals surface area (Å²) >= 11 is 0. The molecule has 6 heteroatoms. The molecule has 0 amide bonds. The number of aliphatic hydroxyl groups is 4. The number of aryl methyl sites for hydroxylation is 1. The number of hydrogen-bond acceptors (Lipinski definition) is 6. The van der Waals surface area contributed by atoms with Gasteiger partial charge < -0.3 is 29.9 Å². The normalized spacial score (nSPS) is 24.9. The molecule has 3 rings (SSSR count). The Hall–Kier alpha value is -1.96. The maximum Gasteiger partial charge on any atom is 0.229 e. The van der Waals surface area contributed by atoms with Crippen LogP contribution in [-0.4, -0.2) is 51.6 Å². The number of ether oxygens (including phenoxy) is 2. The summed E-state index contributed by atoms with van der Waals surface area (Å²) in [7, 11) is 0. The van der Waals surface area contributed by atoms with Gasteiger partial charge in [-0.2, -0.15) is 0 Å². The molecule has 1 saturated heterocycles. The van der Waals surface area contributed by atoms with Gasteiger partial charge in [0.05, 0.1) is 25.4 Å². The van der Waals surface area contributed by atoms with Gasteiger partial charge in [0, 0.05) is 12.8 Å². The van der Waals surface area contributed by atoms with Crippen molar-refractivity contribution in [1.82, 2.24) is 0 Å². The summed E-state index contributed by atoms with van der Waals surface area (Å²) in [5.74, 6) is 0.473. The predicted octanol–water partition coefficient (Wildman–Crippen LogP) is 1.54. The molecule has 1 fully saturated rings. The SMILES string of the molecule is CCc1ccc(Cc2ccc(CO)cc2O[C@@H]2O[C@H](CO)C[C@H](O)[C@H]2O)cc1. The lowest BCUT2D eigenvalue weighted by molar-refractivity contribution is -0.240. The van der Waals surface area contributed by atoms with Crippen LogP contribution >= 0.6 is 0 Å². The zero-order chi connectivity index (χ0) is 20.1. The Labute approximate surface area is 165 Å². The molecule has 28 heavy (non-hydrogen) atoms. The third-order valence-electron chi connectivity index (χ3n) is 5.09. The highest BCUT2D eigenvalue weighted by molar-refractivity contribution is 5.41. The van der Waals surface area contributed by atoms with E-state index in [1.54, 1.807) is 6.07 Å². The lowest BCUT2D eigenvalue weighted by Gasteiger charge is -2.36. The quantitative estimate of drug-likeness (QED) is 0.574. The lowest BCUT2D eigenvalue weighted by atomic mass is 10.0. The molecule has 0 unspecified atom stereocenters. The van der Waals surface area contributed by atoms with Crippen molar-refractivity contribution < 1.29 is 29.9 Å². The van der Waals surface area contributed by atoms with Crippen LogP contribution in [0, 0.1) is 0 Å². The van der Waals surface area contributed by atoms with E-state index in [1.165, 1.54) is 5.56 Å². The Morgan fingerprint density at radius 1 is 1.00 bits per heavy atom. The Balaban J connectivity index is 1.83. The van der Waals surface area contributed by atoms with Gasteiger partial charge >= 0.3 is 0 Å². The van der Waals surface area contributed by atoms with Gasteiger partial charge in [0.25, 0.3) is 0 Å². The topological polar surface area (TPSA) is 99.4 Å². The van der Waals surface area contributed by atoms with Crippen LogP contribution < -0.4 is 4.74 Å². The molecule has 0 aliphatic carbocycles. The van der Waals surface area contributed by atoms with Gasteiger partial charge in [-0.15, -0.1) is 0 Å². The van der Waals surface area contributed by atoms with Crippen LogP contribution in [0.15, 0.2) is 42.5 Å². The van der Waals surface area contributed by atoms with Crippen LogP contribution in [-0.2, 0) is 24.2 Å². The molecular formula is C22H28O6. The van der Waals surface area contributed by atoms with Crippen molar-refractivity contribution in [3.8, 4) is 5.75 Å². The van der Waals surface area contributed by atoms with Crippen molar-refractivity contribution in [2.45, 2.75) is 57.4 Å². The molecule has 152 valence electrons. The van der Waals surface area contributed by atoms with E-state index in [-0.39, 0.29) is 19.6 Å². The fraction of sp³-hybridized carbons (Fsp3) is 0.455. The van der Waals surface area contributed by atoms with E-state index in [2.05, 4.69) is 31.2 Å². The van der Waals surface area contributed by atoms with Crippen LogP contribution in [0.4, 0.5) is 0 Å². The highest BCUT2D eigenvalue weighted by Crippen LogP contribution is 2.29. The van der Waals surface area contributed by atoms with Gasteiger partial charge in [-0.05, 0) is 34.7 Å². The van der Waals surface area contributed by atoms with Gasteiger partial charge in [-0.3, -0.25) is 0 Å². The van der Waals surface area contributed by atoms with Gasteiger partial charge in [-0.1, -0.05) is 43.3 Å². The molecule has 6 nitrogen and oxygen atoms in total. The van der Waals surface area contributed by atoms with Gasteiger partial charge in [-0.25, -0.2) is 0 Å². The van der Waals surface area contributed by atoms with E-state index in [1.807, 2.05) is 12.1 Å². The molecule has 0 bridgehead atoms. The predicted molar refractivity (Wildman–Crippen MR) is 104 cm³/mol. The smallest absolute Gasteiger partial charge is 0.229 e. The molecule has 0 aromatic heterocycles.